The van der Waals surface area contributed by atoms with E-state index in [1.54, 1.807) is 24.3 Å². The van der Waals surface area contributed by atoms with Crippen LogP contribution in [0.25, 0.3) is 0 Å². The van der Waals surface area contributed by atoms with Crippen molar-refractivity contribution in [3.05, 3.63) is 52.9 Å². The Balaban J connectivity index is 1.94. The molecule has 6 nitrogen and oxygen atoms in total. The van der Waals surface area contributed by atoms with E-state index in [9.17, 15) is 4.79 Å². The van der Waals surface area contributed by atoms with Crippen LogP contribution in [0.1, 0.15) is 0 Å². The quantitative estimate of drug-likeness (QED) is 0.674. The molecule has 0 aliphatic rings. The average Bonchev–Trinajstić information content (AvgIpc) is 2.41. The van der Waals surface area contributed by atoms with Crippen LogP contribution in [-0.2, 0) is 6.54 Å². The zero-order chi connectivity index (χ0) is 13.7. The number of ether oxygens (including phenoxy) is 1. The molecule has 0 atom stereocenters. The molecule has 2 N–H and O–H groups in total. The molecular weight excluding hydrogens is 247 g/mol. The molecule has 0 radical (unpaired) electrons. The Labute approximate surface area is 110 Å². The Kier molecular flexibility index (Phi) is 4.32. The Morgan fingerprint density at radius 3 is 2.84 bits per heavy atom. The summed E-state index contributed by atoms with van der Waals surface area (Å²) in [5.74, 6) is 0.509. The Bertz CT molecular complexity index is 600. The fourth-order valence-electron chi connectivity index (χ4n) is 1.57. The molecule has 0 fully saturated rings. The van der Waals surface area contributed by atoms with Crippen molar-refractivity contribution in [3.8, 4) is 5.75 Å². The van der Waals surface area contributed by atoms with E-state index in [4.69, 9.17) is 14.8 Å². The number of benzene rings is 1. The third-order valence-electron chi connectivity index (χ3n) is 2.51. The fraction of sp³-hybridized carbons (Fsp3) is 0.167. The minimum absolute atomic E-state index is 0.189. The van der Waals surface area contributed by atoms with Crippen molar-refractivity contribution >= 4 is 12.6 Å². The van der Waals surface area contributed by atoms with Crippen LogP contribution in [0.5, 0.6) is 5.75 Å². The molecule has 19 heavy (non-hydrogen) atoms. The van der Waals surface area contributed by atoms with Gasteiger partial charge in [0.15, 0.2) is 0 Å². The van der Waals surface area contributed by atoms with Gasteiger partial charge in [-0.25, -0.2) is 4.68 Å². The van der Waals surface area contributed by atoms with E-state index < -0.39 is 7.12 Å². The largest absolute Gasteiger partial charge is 0.492 e. The van der Waals surface area contributed by atoms with Crippen molar-refractivity contribution in [2.24, 2.45) is 0 Å². The average molecular weight is 260 g/mol. The summed E-state index contributed by atoms with van der Waals surface area (Å²) >= 11 is 0. The normalized spacial score (nSPS) is 10.2. The zero-order valence-corrected chi connectivity index (χ0v) is 10.1. The minimum Gasteiger partial charge on any atom is -0.492 e. The maximum atomic E-state index is 11.4. The molecule has 0 spiro atoms. The van der Waals surface area contributed by atoms with E-state index >= 15 is 0 Å². The van der Waals surface area contributed by atoms with Crippen molar-refractivity contribution in [1.29, 1.82) is 0 Å². The first kappa shape index (κ1) is 13.3. The summed E-state index contributed by atoms with van der Waals surface area (Å²) in [4.78, 5) is 11.4. The number of nitrogens with zero attached hydrogens (tertiary/aromatic N) is 2. The molecule has 2 aromatic rings. The van der Waals surface area contributed by atoms with Gasteiger partial charge in [0, 0.05) is 12.3 Å². The molecule has 0 aliphatic heterocycles. The summed E-state index contributed by atoms with van der Waals surface area (Å²) < 4.78 is 6.73. The molecule has 0 unspecified atom stereocenters. The summed E-state index contributed by atoms with van der Waals surface area (Å²) in [6.45, 7) is 0.591. The number of rotatable bonds is 5. The van der Waals surface area contributed by atoms with Crippen molar-refractivity contribution in [3.63, 3.8) is 0 Å². The highest BCUT2D eigenvalue weighted by Gasteiger charge is 2.10. The third-order valence-corrected chi connectivity index (χ3v) is 2.51. The lowest BCUT2D eigenvalue weighted by Crippen LogP contribution is -2.29. The molecule has 0 saturated heterocycles. The molecule has 2 rings (SSSR count). The fourth-order valence-corrected chi connectivity index (χ4v) is 1.57. The summed E-state index contributed by atoms with van der Waals surface area (Å²) in [5, 5.41) is 22.0. The van der Waals surface area contributed by atoms with Crippen LogP contribution >= 0.6 is 0 Å². The van der Waals surface area contributed by atoms with Gasteiger partial charge in [-0.2, -0.15) is 5.10 Å². The summed E-state index contributed by atoms with van der Waals surface area (Å²) in [5.41, 5.74) is 0.165. The summed E-state index contributed by atoms with van der Waals surface area (Å²) in [6, 6.07) is 9.48. The van der Waals surface area contributed by atoms with Crippen LogP contribution in [-0.4, -0.2) is 33.6 Å². The van der Waals surface area contributed by atoms with Crippen LogP contribution in [0.15, 0.2) is 47.4 Å². The monoisotopic (exact) mass is 260 g/mol. The van der Waals surface area contributed by atoms with Crippen molar-refractivity contribution in [2.75, 3.05) is 6.61 Å². The third kappa shape index (κ3) is 3.67. The molecule has 0 amide bonds. The lowest BCUT2D eigenvalue weighted by molar-refractivity contribution is 0.288. The maximum absolute atomic E-state index is 11.4. The van der Waals surface area contributed by atoms with Gasteiger partial charge in [-0.1, -0.05) is 12.1 Å². The molecule has 1 heterocycles. The van der Waals surface area contributed by atoms with Gasteiger partial charge in [0.25, 0.3) is 5.56 Å². The van der Waals surface area contributed by atoms with E-state index in [0.717, 1.165) is 0 Å². The first-order valence-electron chi connectivity index (χ1n) is 5.78. The first-order chi connectivity index (χ1) is 9.16. The molecule has 1 aromatic carbocycles. The highest BCUT2D eigenvalue weighted by atomic mass is 16.5. The van der Waals surface area contributed by atoms with Crippen LogP contribution in [0.3, 0.4) is 0 Å². The van der Waals surface area contributed by atoms with Crippen molar-refractivity contribution < 1.29 is 14.8 Å². The molecule has 0 saturated carbocycles. The second-order valence-corrected chi connectivity index (χ2v) is 3.88. The van der Waals surface area contributed by atoms with Gasteiger partial charge in [0.2, 0.25) is 0 Å². The predicted octanol–water partition coefficient (Wildman–Crippen LogP) is -0.998. The first-order valence-corrected chi connectivity index (χ1v) is 5.78. The van der Waals surface area contributed by atoms with Gasteiger partial charge in [-0.05, 0) is 23.7 Å². The Hall–Kier alpha value is -2.12. The Morgan fingerprint density at radius 1 is 1.26 bits per heavy atom. The van der Waals surface area contributed by atoms with Gasteiger partial charge in [-0.3, -0.25) is 4.79 Å². The summed E-state index contributed by atoms with van der Waals surface area (Å²) in [7, 11) is -1.53. The topological polar surface area (TPSA) is 84.6 Å². The van der Waals surface area contributed by atoms with Gasteiger partial charge >= 0.3 is 7.12 Å². The standard InChI is InChI=1S/C12H13BN2O4/c16-12-5-2-6-14-15(12)7-8-19-11-4-1-3-10(9-11)13(17)18/h1-6,9,17-18H,7-8H2. The van der Waals surface area contributed by atoms with Gasteiger partial charge in [-0.15, -0.1) is 0 Å². The number of hydrogen-bond acceptors (Lipinski definition) is 5. The minimum atomic E-state index is -1.53. The van der Waals surface area contributed by atoms with E-state index in [1.807, 2.05) is 0 Å². The molecule has 7 heteroatoms. The van der Waals surface area contributed by atoms with E-state index in [1.165, 1.54) is 23.0 Å². The van der Waals surface area contributed by atoms with E-state index in [-0.39, 0.29) is 12.2 Å². The lowest BCUT2D eigenvalue weighted by atomic mass is 9.80. The van der Waals surface area contributed by atoms with Crippen LogP contribution in [0.2, 0.25) is 0 Å². The zero-order valence-electron chi connectivity index (χ0n) is 10.1. The van der Waals surface area contributed by atoms with Gasteiger partial charge in [0.1, 0.15) is 12.4 Å². The highest BCUT2D eigenvalue weighted by Crippen LogP contribution is 2.07. The van der Waals surface area contributed by atoms with E-state index in [0.29, 0.717) is 17.8 Å². The van der Waals surface area contributed by atoms with Crippen LogP contribution < -0.4 is 15.8 Å². The van der Waals surface area contributed by atoms with Crippen molar-refractivity contribution in [1.82, 2.24) is 9.78 Å². The number of hydrogen-bond donors (Lipinski definition) is 2. The summed E-state index contributed by atoms with van der Waals surface area (Å²) in [6.07, 6.45) is 1.53. The number of aromatic nitrogens is 2. The SMILES string of the molecule is O=c1cccnn1CCOc1cccc(B(O)O)c1. The van der Waals surface area contributed by atoms with Crippen LogP contribution in [0.4, 0.5) is 0 Å². The lowest BCUT2D eigenvalue weighted by Gasteiger charge is -2.08. The van der Waals surface area contributed by atoms with Gasteiger partial charge < -0.3 is 14.8 Å². The smallest absolute Gasteiger partial charge is 0.488 e. The molecular formula is C12H13BN2O4. The molecule has 0 bridgehead atoms. The van der Waals surface area contributed by atoms with Crippen LogP contribution in [0, 0.1) is 0 Å². The Morgan fingerprint density at radius 2 is 2.11 bits per heavy atom. The highest BCUT2D eigenvalue weighted by molar-refractivity contribution is 6.58. The van der Waals surface area contributed by atoms with E-state index in [2.05, 4.69) is 5.10 Å². The van der Waals surface area contributed by atoms with Gasteiger partial charge in [0.05, 0.1) is 6.54 Å². The van der Waals surface area contributed by atoms with Crippen molar-refractivity contribution in [2.45, 2.75) is 6.54 Å². The molecule has 0 aliphatic carbocycles. The maximum Gasteiger partial charge on any atom is 0.488 e. The predicted molar refractivity (Wildman–Crippen MR) is 70.3 cm³/mol. The second-order valence-electron chi connectivity index (χ2n) is 3.88. The molecule has 1 aromatic heterocycles. The second kappa shape index (κ2) is 6.17. The molecule has 98 valence electrons.